The third kappa shape index (κ3) is 5.27. The van der Waals surface area contributed by atoms with Crippen LogP contribution in [0.2, 0.25) is 5.02 Å². The number of nitrogens with zero attached hydrogens (tertiary/aromatic N) is 1. The second-order valence-corrected chi connectivity index (χ2v) is 7.88. The molecule has 8 heteroatoms. The molecule has 172 valence electrons. The number of benzene rings is 3. The SMILES string of the molecule is Cc1cc(OCCOc2ccc(/C=C3/C(=O)NC(=O)N(c4ccccc4)C3=O)cc2)ccc1Cl. The van der Waals surface area contributed by atoms with E-state index in [4.69, 9.17) is 21.1 Å². The van der Waals surface area contributed by atoms with Crippen molar-refractivity contribution in [2.75, 3.05) is 18.1 Å². The van der Waals surface area contributed by atoms with Gasteiger partial charge in [-0.05, 0) is 66.6 Å². The first-order chi connectivity index (χ1) is 16.4. The van der Waals surface area contributed by atoms with Crippen molar-refractivity contribution >= 4 is 41.2 Å². The molecule has 3 aromatic rings. The van der Waals surface area contributed by atoms with Gasteiger partial charge in [0.15, 0.2) is 0 Å². The van der Waals surface area contributed by atoms with Crippen LogP contribution in [-0.2, 0) is 9.59 Å². The van der Waals surface area contributed by atoms with Crippen LogP contribution in [0.1, 0.15) is 11.1 Å². The Kier molecular flexibility index (Phi) is 6.94. The van der Waals surface area contributed by atoms with Crippen LogP contribution in [-0.4, -0.2) is 31.1 Å². The van der Waals surface area contributed by atoms with Crippen molar-refractivity contribution in [2.24, 2.45) is 0 Å². The number of imide groups is 2. The number of carbonyl (C=O) groups excluding carboxylic acids is 3. The van der Waals surface area contributed by atoms with Crippen molar-refractivity contribution in [3.8, 4) is 11.5 Å². The number of amides is 4. The zero-order valence-electron chi connectivity index (χ0n) is 18.3. The largest absolute Gasteiger partial charge is 0.490 e. The first kappa shape index (κ1) is 23.1. The summed E-state index contributed by atoms with van der Waals surface area (Å²) in [4.78, 5) is 38.3. The summed E-state index contributed by atoms with van der Waals surface area (Å²) in [6.45, 7) is 2.59. The van der Waals surface area contributed by atoms with E-state index in [1.54, 1.807) is 66.7 Å². The molecule has 0 bridgehead atoms. The predicted octanol–water partition coefficient (Wildman–Crippen LogP) is 4.77. The van der Waals surface area contributed by atoms with Gasteiger partial charge in [-0.15, -0.1) is 0 Å². The number of hydrogen-bond acceptors (Lipinski definition) is 5. The molecule has 4 rings (SSSR count). The highest BCUT2D eigenvalue weighted by molar-refractivity contribution is 6.39. The molecule has 0 unspecified atom stereocenters. The van der Waals surface area contributed by atoms with Crippen molar-refractivity contribution in [2.45, 2.75) is 6.92 Å². The Morgan fingerprint density at radius 3 is 2.21 bits per heavy atom. The standard InChI is InChI=1S/C26H21ClN2O5/c1-17-15-21(11-12-23(17)27)34-14-13-33-20-9-7-18(8-10-20)16-22-24(30)28-26(32)29(25(22)31)19-5-3-2-4-6-19/h2-12,15-16H,13-14H2,1H3,(H,28,30,32)/b22-16-. The minimum atomic E-state index is -0.780. The van der Waals surface area contributed by atoms with Gasteiger partial charge in [0.1, 0.15) is 30.3 Å². The fraction of sp³-hybridized carbons (Fsp3) is 0.115. The Labute approximate surface area is 201 Å². The number of para-hydroxylation sites is 1. The maximum atomic E-state index is 12.9. The van der Waals surface area contributed by atoms with Crippen molar-refractivity contribution < 1.29 is 23.9 Å². The molecule has 0 aromatic heterocycles. The zero-order chi connectivity index (χ0) is 24.1. The van der Waals surface area contributed by atoms with Crippen molar-refractivity contribution in [1.29, 1.82) is 0 Å². The number of halogens is 1. The van der Waals surface area contributed by atoms with E-state index >= 15 is 0 Å². The molecular weight excluding hydrogens is 456 g/mol. The second-order valence-electron chi connectivity index (χ2n) is 7.47. The van der Waals surface area contributed by atoms with Gasteiger partial charge in [0, 0.05) is 5.02 Å². The van der Waals surface area contributed by atoms with Gasteiger partial charge in [0.25, 0.3) is 11.8 Å². The van der Waals surface area contributed by atoms with Gasteiger partial charge in [-0.1, -0.05) is 41.9 Å². The summed E-state index contributed by atoms with van der Waals surface area (Å²) >= 11 is 6.01. The van der Waals surface area contributed by atoms with Crippen LogP contribution in [0.4, 0.5) is 10.5 Å². The van der Waals surface area contributed by atoms with E-state index in [0.717, 1.165) is 10.5 Å². The number of hydrogen-bond donors (Lipinski definition) is 1. The molecule has 0 spiro atoms. The molecule has 0 atom stereocenters. The molecule has 1 saturated heterocycles. The van der Waals surface area contributed by atoms with Crippen LogP contribution in [0, 0.1) is 6.92 Å². The molecule has 7 nitrogen and oxygen atoms in total. The summed E-state index contributed by atoms with van der Waals surface area (Å²) in [5.41, 5.74) is 1.79. The highest BCUT2D eigenvalue weighted by Crippen LogP contribution is 2.23. The van der Waals surface area contributed by atoms with E-state index in [1.165, 1.54) is 6.08 Å². The number of ether oxygens (including phenoxy) is 2. The quantitative estimate of drug-likeness (QED) is 0.301. The minimum Gasteiger partial charge on any atom is -0.490 e. The lowest BCUT2D eigenvalue weighted by Gasteiger charge is -2.26. The fourth-order valence-corrected chi connectivity index (χ4v) is 3.44. The third-order valence-corrected chi connectivity index (χ3v) is 5.48. The van der Waals surface area contributed by atoms with Crippen molar-refractivity contribution in [3.05, 3.63) is 94.5 Å². The third-order valence-electron chi connectivity index (χ3n) is 5.06. The lowest BCUT2D eigenvalue weighted by Crippen LogP contribution is -2.54. The van der Waals surface area contributed by atoms with Crippen LogP contribution in [0.3, 0.4) is 0 Å². The number of barbiturate groups is 1. The molecule has 4 amide bonds. The Hall–Kier alpha value is -4.10. The summed E-state index contributed by atoms with van der Waals surface area (Å²) in [6.07, 6.45) is 1.44. The first-order valence-corrected chi connectivity index (χ1v) is 10.9. The van der Waals surface area contributed by atoms with Crippen LogP contribution in [0.25, 0.3) is 6.08 Å². The molecule has 0 aliphatic carbocycles. The average molecular weight is 477 g/mol. The van der Waals surface area contributed by atoms with Crippen LogP contribution in [0.15, 0.2) is 78.4 Å². The second kappa shape index (κ2) is 10.2. The number of urea groups is 1. The van der Waals surface area contributed by atoms with Gasteiger partial charge in [-0.3, -0.25) is 14.9 Å². The Bertz CT molecular complexity index is 1260. The number of anilines is 1. The Balaban J connectivity index is 1.38. The molecule has 34 heavy (non-hydrogen) atoms. The molecule has 1 heterocycles. The molecule has 0 saturated carbocycles. The molecule has 0 radical (unpaired) electrons. The molecule has 1 N–H and O–H groups in total. The van der Waals surface area contributed by atoms with E-state index in [9.17, 15) is 14.4 Å². The maximum absolute atomic E-state index is 12.9. The van der Waals surface area contributed by atoms with E-state index in [1.807, 2.05) is 13.0 Å². The Morgan fingerprint density at radius 1 is 0.882 bits per heavy atom. The lowest BCUT2D eigenvalue weighted by molar-refractivity contribution is -0.122. The number of carbonyl (C=O) groups is 3. The van der Waals surface area contributed by atoms with Crippen molar-refractivity contribution in [1.82, 2.24) is 5.32 Å². The molecule has 1 aliphatic heterocycles. The van der Waals surface area contributed by atoms with Gasteiger partial charge in [-0.25, -0.2) is 9.69 Å². The van der Waals surface area contributed by atoms with E-state index in [2.05, 4.69) is 5.32 Å². The number of rotatable bonds is 7. The van der Waals surface area contributed by atoms with Gasteiger partial charge in [-0.2, -0.15) is 0 Å². The lowest BCUT2D eigenvalue weighted by atomic mass is 10.1. The Morgan fingerprint density at radius 2 is 1.53 bits per heavy atom. The molecule has 3 aromatic carbocycles. The number of nitrogens with one attached hydrogen (secondary N) is 1. The van der Waals surface area contributed by atoms with E-state index < -0.39 is 17.8 Å². The highest BCUT2D eigenvalue weighted by Gasteiger charge is 2.36. The number of aryl methyl sites for hydroxylation is 1. The summed E-state index contributed by atoms with van der Waals surface area (Å²) in [5, 5.41) is 2.89. The highest BCUT2D eigenvalue weighted by atomic mass is 35.5. The summed E-state index contributed by atoms with van der Waals surface area (Å²) in [7, 11) is 0. The molecule has 1 fully saturated rings. The maximum Gasteiger partial charge on any atom is 0.335 e. The van der Waals surface area contributed by atoms with Gasteiger partial charge >= 0.3 is 6.03 Å². The minimum absolute atomic E-state index is 0.135. The monoisotopic (exact) mass is 476 g/mol. The predicted molar refractivity (Wildman–Crippen MR) is 129 cm³/mol. The summed E-state index contributed by atoms with van der Waals surface area (Å²) in [5.74, 6) is -0.101. The van der Waals surface area contributed by atoms with Crippen LogP contribution in [0.5, 0.6) is 11.5 Å². The zero-order valence-corrected chi connectivity index (χ0v) is 19.0. The van der Waals surface area contributed by atoms with Gasteiger partial charge in [0.2, 0.25) is 0 Å². The van der Waals surface area contributed by atoms with Crippen molar-refractivity contribution in [3.63, 3.8) is 0 Å². The first-order valence-electron chi connectivity index (χ1n) is 10.5. The summed E-state index contributed by atoms with van der Waals surface area (Å²) in [6, 6.07) is 20.0. The average Bonchev–Trinajstić information content (AvgIpc) is 2.83. The molecule has 1 aliphatic rings. The van der Waals surface area contributed by atoms with E-state index in [0.29, 0.717) is 41.0 Å². The van der Waals surface area contributed by atoms with Gasteiger partial charge < -0.3 is 9.47 Å². The molecular formula is C26H21ClN2O5. The van der Waals surface area contributed by atoms with Crippen LogP contribution >= 0.6 is 11.6 Å². The van der Waals surface area contributed by atoms with Gasteiger partial charge in [0.05, 0.1) is 5.69 Å². The van der Waals surface area contributed by atoms with E-state index in [-0.39, 0.29) is 5.57 Å². The normalized spacial score (nSPS) is 14.8. The smallest absolute Gasteiger partial charge is 0.335 e. The fourth-order valence-electron chi connectivity index (χ4n) is 3.32. The topological polar surface area (TPSA) is 84.9 Å². The summed E-state index contributed by atoms with van der Waals surface area (Å²) < 4.78 is 11.3. The van der Waals surface area contributed by atoms with Crippen LogP contribution < -0.4 is 19.7 Å².